The van der Waals surface area contributed by atoms with E-state index in [-0.39, 0.29) is 0 Å². The number of aromatic nitrogens is 3. The highest BCUT2D eigenvalue weighted by Crippen LogP contribution is 2.16. The Kier molecular flexibility index (Phi) is 5.06. The Morgan fingerprint density at radius 1 is 0.846 bits per heavy atom. The van der Waals surface area contributed by atoms with Crippen molar-refractivity contribution in [2.45, 2.75) is 13.8 Å². The Balaban J connectivity index is 2.08. The van der Waals surface area contributed by atoms with Crippen molar-refractivity contribution in [3.05, 3.63) is 81.1 Å². The summed E-state index contributed by atoms with van der Waals surface area (Å²) >= 11 is 11.8. The van der Waals surface area contributed by atoms with E-state index in [4.69, 9.17) is 23.2 Å². The average molecular weight is 389 g/mol. The smallest absolute Gasteiger partial charge is 0.267 e. The minimum Gasteiger partial charge on any atom is -0.267 e. The molecule has 0 radical (unpaired) electrons. The van der Waals surface area contributed by atoms with E-state index in [0.29, 0.717) is 32.6 Å². The number of imide groups is 1. The molecule has 0 N–H and O–H groups in total. The van der Waals surface area contributed by atoms with Gasteiger partial charge in [0.05, 0.1) is 11.4 Å². The van der Waals surface area contributed by atoms with Crippen molar-refractivity contribution in [2.24, 2.45) is 0 Å². The number of nitrogens with zero attached hydrogens (tertiary/aromatic N) is 4. The molecule has 0 aliphatic rings. The first kappa shape index (κ1) is 18.1. The van der Waals surface area contributed by atoms with Crippen molar-refractivity contribution in [3.8, 4) is 0 Å². The Labute approximate surface area is 159 Å². The summed E-state index contributed by atoms with van der Waals surface area (Å²) in [7, 11) is 0. The van der Waals surface area contributed by atoms with Crippen molar-refractivity contribution < 1.29 is 9.59 Å². The maximum atomic E-state index is 13.0. The van der Waals surface area contributed by atoms with E-state index in [2.05, 4.69) is 10.3 Å². The molecule has 0 aliphatic carbocycles. The van der Waals surface area contributed by atoms with Crippen LogP contribution in [0.5, 0.6) is 0 Å². The molecule has 0 spiro atoms. The maximum absolute atomic E-state index is 13.0. The Hall–Kier alpha value is -2.70. The molecular weight excluding hydrogens is 375 g/mol. The maximum Gasteiger partial charge on any atom is 0.281 e. The van der Waals surface area contributed by atoms with Gasteiger partial charge in [-0.2, -0.15) is 5.01 Å². The van der Waals surface area contributed by atoms with Gasteiger partial charge in [0.2, 0.25) is 0 Å². The largest absolute Gasteiger partial charge is 0.281 e. The van der Waals surface area contributed by atoms with Crippen molar-refractivity contribution in [1.29, 1.82) is 0 Å². The van der Waals surface area contributed by atoms with Crippen LogP contribution in [0.15, 0.2) is 48.5 Å². The fraction of sp³-hybridized carbons (Fsp3) is 0.111. The van der Waals surface area contributed by atoms with E-state index in [9.17, 15) is 9.59 Å². The fourth-order valence-electron chi connectivity index (χ4n) is 2.28. The molecule has 8 heteroatoms. The lowest BCUT2D eigenvalue weighted by molar-refractivity contribution is 0.0846. The van der Waals surface area contributed by atoms with Gasteiger partial charge in [0.25, 0.3) is 11.8 Å². The van der Waals surface area contributed by atoms with Gasteiger partial charge in [-0.25, -0.2) is 0 Å². The Morgan fingerprint density at radius 3 is 1.62 bits per heavy atom. The lowest BCUT2D eigenvalue weighted by atomic mass is 10.1. The van der Waals surface area contributed by atoms with Crippen LogP contribution < -0.4 is 5.01 Å². The molecule has 0 bridgehead atoms. The van der Waals surface area contributed by atoms with E-state index in [0.717, 1.165) is 5.01 Å². The van der Waals surface area contributed by atoms with Crippen LogP contribution >= 0.6 is 23.2 Å². The zero-order chi connectivity index (χ0) is 18.8. The van der Waals surface area contributed by atoms with Crippen molar-refractivity contribution in [2.75, 3.05) is 5.01 Å². The molecule has 0 saturated heterocycles. The normalized spacial score (nSPS) is 10.6. The van der Waals surface area contributed by atoms with Crippen LogP contribution in [0.3, 0.4) is 0 Å². The predicted octanol–water partition coefficient (Wildman–Crippen LogP) is 3.82. The van der Waals surface area contributed by atoms with E-state index >= 15 is 0 Å². The number of hydrogen-bond acceptors (Lipinski definition) is 4. The van der Waals surface area contributed by atoms with Gasteiger partial charge < -0.3 is 0 Å². The molecule has 1 heterocycles. The Morgan fingerprint density at radius 2 is 1.27 bits per heavy atom. The molecule has 2 aromatic carbocycles. The second-order valence-corrected chi connectivity index (χ2v) is 6.46. The molecule has 1 aromatic heterocycles. The number of amides is 2. The van der Waals surface area contributed by atoms with Crippen LogP contribution in [0.25, 0.3) is 0 Å². The summed E-state index contributed by atoms with van der Waals surface area (Å²) in [5, 5.41) is 9.81. The molecule has 26 heavy (non-hydrogen) atoms. The molecular formula is C18H14Cl2N4O2. The highest BCUT2D eigenvalue weighted by molar-refractivity contribution is 6.31. The molecule has 6 nitrogen and oxygen atoms in total. The Bertz CT molecular complexity index is 908. The minimum absolute atomic E-state index is 0.296. The first-order valence-corrected chi connectivity index (χ1v) is 8.43. The van der Waals surface area contributed by atoms with Crippen molar-refractivity contribution in [1.82, 2.24) is 15.1 Å². The summed E-state index contributed by atoms with van der Waals surface area (Å²) in [6, 6.07) is 12.5. The summed E-state index contributed by atoms with van der Waals surface area (Å²) in [6.45, 7) is 3.48. The van der Waals surface area contributed by atoms with Gasteiger partial charge in [0.1, 0.15) is 0 Å². The number of hydrogen-bond donors (Lipinski definition) is 0. The summed E-state index contributed by atoms with van der Waals surface area (Å²) < 4.78 is 0. The summed E-state index contributed by atoms with van der Waals surface area (Å²) in [5.41, 5.74) is 1.78. The van der Waals surface area contributed by atoms with Crippen LogP contribution in [0.1, 0.15) is 32.1 Å². The molecule has 132 valence electrons. The molecule has 2 amide bonds. The molecule has 0 fully saturated rings. The highest BCUT2D eigenvalue weighted by Gasteiger charge is 2.29. The zero-order valence-corrected chi connectivity index (χ0v) is 15.5. The second kappa shape index (κ2) is 7.27. The molecule has 0 saturated carbocycles. The number of carbonyl (C=O) groups excluding carboxylic acids is 2. The van der Waals surface area contributed by atoms with E-state index in [1.165, 1.54) is 4.79 Å². The second-order valence-electron chi connectivity index (χ2n) is 5.59. The lowest BCUT2D eigenvalue weighted by Crippen LogP contribution is -2.46. The van der Waals surface area contributed by atoms with E-state index < -0.39 is 11.8 Å². The first-order chi connectivity index (χ1) is 12.4. The third-order valence-corrected chi connectivity index (χ3v) is 4.36. The summed E-state index contributed by atoms with van der Waals surface area (Å²) in [5.74, 6) is -1.09. The van der Waals surface area contributed by atoms with Gasteiger partial charge in [-0.15, -0.1) is 9.89 Å². The number of carbonyl (C=O) groups is 2. The average Bonchev–Trinajstić information content (AvgIpc) is 2.95. The van der Waals surface area contributed by atoms with Gasteiger partial charge in [0.15, 0.2) is 0 Å². The van der Waals surface area contributed by atoms with Crippen LogP contribution in [0.4, 0.5) is 0 Å². The van der Waals surface area contributed by atoms with Gasteiger partial charge in [-0.1, -0.05) is 23.2 Å². The van der Waals surface area contributed by atoms with Crippen molar-refractivity contribution >= 4 is 35.0 Å². The number of rotatable bonds is 3. The molecule has 3 aromatic rings. The molecule has 0 atom stereocenters. The van der Waals surface area contributed by atoms with Crippen LogP contribution in [-0.4, -0.2) is 26.9 Å². The summed E-state index contributed by atoms with van der Waals surface area (Å²) in [6.07, 6.45) is 0. The van der Waals surface area contributed by atoms with Gasteiger partial charge >= 0.3 is 0 Å². The number of aryl methyl sites for hydroxylation is 1. The molecule has 0 aliphatic heterocycles. The van der Waals surface area contributed by atoms with E-state index in [1.807, 2.05) is 0 Å². The van der Waals surface area contributed by atoms with Crippen LogP contribution in [0.2, 0.25) is 10.0 Å². The number of benzene rings is 2. The first-order valence-electron chi connectivity index (χ1n) is 7.67. The van der Waals surface area contributed by atoms with Crippen LogP contribution in [0, 0.1) is 13.8 Å². The monoisotopic (exact) mass is 388 g/mol. The quantitative estimate of drug-likeness (QED) is 0.639. The zero-order valence-electron chi connectivity index (χ0n) is 14.0. The van der Waals surface area contributed by atoms with Gasteiger partial charge in [0, 0.05) is 21.2 Å². The topological polar surface area (TPSA) is 68.1 Å². The van der Waals surface area contributed by atoms with Crippen LogP contribution in [-0.2, 0) is 0 Å². The van der Waals surface area contributed by atoms with Gasteiger partial charge in [-0.05, 0) is 67.6 Å². The lowest BCUT2D eigenvalue weighted by Gasteiger charge is -2.21. The predicted molar refractivity (Wildman–Crippen MR) is 99.3 cm³/mol. The standard InChI is InChI=1S/C18H14Cl2N4O2/c1-11-12(2)24(22-21-11)23(17(25)13-3-7-15(19)8-4-13)18(26)14-5-9-16(20)10-6-14/h3-10H,1-2H3. The molecule has 3 rings (SSSR count). The third kappa shape index (κ3) is 3.47. The third-order valence-electron chi connectivity index (χ3n) is 3.86. The number of halogens is 2. The SMILES string of the molecule is Cc1nnn(N(C(=O)c2ccc(Cl)cc2)C(=O)c2ccc(Cl)cc2)c1C. The van der Waals surface area contributed by atoms with Gasteiger partial charge in [-0.3, -0.25) is 9.59 Å². The highest BCUT2D eigenvalue weighted by atomic mass is 35.5. The minimum atomic E-state index is -0.547. The fourth-order valence-corrected chi connectivity index (χ4v) is 2.53. The molecule has 0 unspecified atom stereocenters. The summed E-state index contributed by atoms with van der Waals surface area (Å²) in [4.78, 5) is 27.3. The van der Waals surface area contributed by atoms with Crippen molar-refractivity contribution in [3.63, 3.8) is 0 Å². The van der Waals surface area contributed by atoms with E-state index in [1.54, 1.807) is 62.4 Å².